The van der Waals surface area contributed by atoms with Crippen molar-refractivity contribution in [3.8, 4) is 5.75 Å². The van der Waals surface area contributed by atoms with Gasteiger partial charge >= 0.3 is 0 Å². The lowest BCUT2D eigenvalue weighted by molar-refractivity contribution is 0.305. The summed E-state index contributed by atoms with van der Waals surface area (Å²) < 4.78 is 7.93. The van der Waals surface area contributed by atoms with Gasteiger partial charge < -0.3 is 15.4 Å². The summed E-state index contributed by atoms with van der Waals surface area (Å²) in [6.07, 6.45) is 2.06. The maximum absolute atomic E-state index is 6.21. The predicted molar refractivity (Wildman–Crippen MR) is 122 cm³/mol. The SMILES string of the molecule is CN=C(NCc1ccccc1COc1ccccc1Cl)NC1CCCn2nc(C)nc21. The van der Waals surface area contributed by atoms with E-state index in [0.29, 0.717) is 23.9 Å². The van der Waals surface area contributed by atoms with Gasteiger partial charge in [0, 0.05) is 20.1 Å². The molecule has 1 unspecified atom stereocenters. The van der Waals surface area contributed by atoms with Crippen molar-refractivity contribution in [2.24, 2.45) is 4.99 Å². The van der Waals surface area contributed by atoms with Crippen molar-refractivity contribution in [2.75, 3.05) is 7.05 Å². The molecule has 0 aliphatic carbocycles. The van der Waals surface area contributed by atoms with Crippen molar-refractivity contribution in [2.45, 2.75) is 45.5 Å². The van der Waals surface area contributed by atoms with Crippen LogP contribution >= 0.6 is 11.6 Å². The second-order valence-electron chi connectivity index (χ2n) is 7.49. The zero-order chi connectivity index (χ0) is 21.6. The standard InChI is InChI=1S/C23H27ClN6O/c1-16-27-22-20(11-7-13-30(22)29-16)28-23(25-2)26-14-17-8-3-4-9-18(17)15-31-21-12-6-5-10-19(21)24/h3-6,8-10,12,20H,7,11,13-15H2,1-2H3,(H2,25,26,28). The molecule has 0 fully saturated rings. The number of benzene rings is 2. The Labute approximate surface area is 187 Å². The molecule has 0 amide bonds. The quantitative estimate of drug-likeness (QED) is 0.449. The fourth-order valence-corrected chi connectivity index (χ4v) is 3.92. The van der Waals surface area contributed by atoms with Crippen molar-refractivity contribution in [1.29, 1.82) is 0 Å². The Kier molecular flexibility index (Phi) is 6.72. The topological polar surface area (TPSA) is 76.4 Å². The Morgan fingerprint density at radius 1 is 1.19 bits per heavy atom. The molecular weight excluding hydrogens is 412 g/mol. The van der Waals surface area contributed by atoms with Gasteiger partial charge in [0.15, 0.2) is 5.96 Å². The van der Waals surface area contributed by atoms with E-state index in [0.717, 1.165) is 48.1 Å². The van der Waals surface area contributed by atoms with E-state index in [2.05, 4.69) is 37.8 Å². The number of nitrogens with zero attached hydrogens (tertiary/aromatic N) is 4. The van der Waals surface area contributed by atoms with Crippen LogP contribution in [0.1, 0.15) is 41.7 Å². The van der Waals surface area contributed by atoms with Crippen LogP contribution in [-0.2, 0) is 19.7 Å². The highest BCUT2D eigenvalue weighted by molar-refractivity contribution is 6.32. The number of guanidine groups is 1. The third kappa shape index (κ3) is 5.17. The molecule has 7 nitrogen and oxygen atoms in total. The van der Waals surface area contributed by atoms with E-state index in [-0.39, 0.29) is 6.04 Å². The Morgan fingerprint density at radius 3 is 2.77 bits per heavy atom. The van der Waals surface area contributed by atoms with Crippen molar-refractivity contribution in [3.05, 3.63) is 76.3 Å². The van der Waals surface area contributed by atoms with E-state index in [1.165, 1.54) is 0 Å². The molecule has 2 heterocycles. The fraction of sp³-hybridized carbons (Fsp3) is 0.348. The van der Waals surface area contributed by atoms with E-state index >= 15 is 0 Å². The molecule has 0 bridgehead atoms. The van der Waals surface area contributed by atoms with E-state index in [1.54, 1.807) is 7.05 Å². The lowest BCUT2D eigenvalue weighted by Crippen LogP contribution is -2.41. The molecule has 1 aromatic heterocycles. The Hall–Kier alpha value is -3.06. The number of para-hydroxylation sites is 1. The second kappa shape index (κ2) is 9.83. The molecule has 2 aromatic carbocycles. The third-order valence-electron chi connectivity index (χ3n) is 5.30. The minimum Gasteiger partial charge on any atom is -0.487 e. The molecule has 1 aliphatic heterocycles. The average molecular weight is 439 g/mol. The third-order valence-corrected chi connectivity index (χ3v) is 5.61. The molecule has 0 spiro atoms. The molecule has 31 heavy (non-hydrogen) atoms. The van der Waals surface area contributed by atoms with E-state index < -0.39 is 0 Å². The largest absolute Gasteiger partial charge is 0.487 e. The highest BCUT2D eigenvalue weighted by Gasteiger charge is 2.24. The minimum absolute atomic E-state index is 0.0972. The van der Waals surface area contributed by atoms with Crippen LogP contribution in [0.25, 0.3) is 0 Å². The summed E-state index contributed by atoms with van der Waals surface area (Å²) in [5.74, 6) is 3.20. The van der Waals surface area contributed by atoms with Gasteiger partial charge in [-0.1, -0.05) is 48.0 Å². The summed E-state index contributed by atoms with van der Waals surface area (Å²) >= 11 is 6.21. The second-order valence-corrected chi connectivity index (χ2v) is 7.90. The van der Waals surface area contributed by atoms with Gasteiger partial charge in [0.1, 0.15) is 24.0 Å². The number of hydrogen-bond donors (Lipinski definition) is 2. The summed E-state index contributed by atoms with van der Waals surface area (Å²) in [6.45, 7) is 3.91. The number of rotatable bonds is 6. The molecule has 8 heteroatoms. The molecule has 0 radical (unpaired) electrons. The number of aromatic nitrogens is 3. The summed E-state index contributed by atoms with van der Waals surface area (Å²) in [5, 5.41) is 12.0. The smallest absolute Gasteiger partial charge is 0.191 e. The predicted octanol–water partition coefficient (Wildman–Crippen LogP) is 4.02. The number of halogens is 1. The first kappa shape index (κ1) is 21.2. The van der Waals surface area contributed by atoms with Crippen LogP contribution in [0.15, 0.2) is 53.5 Å². The highest BCUT2D eigenvalue weighted by atomic mass is 35.5. The number of ether oxygens (including phenoxy) is 1. The minimum atomic E-state index is 0.0972. The normalized spacial score (nSPS) is 16.0. The Balaban J connectivity index is 1.39. The van der Waals surface area contributed by atoms with Crippen LogP contribution in [0.5, 0.6) is 5.75 Å². The number of hydrogen-bond acceptors (Lipinski definition) is 4. The average Bonchev–Trinajstić information content (AvgIpc) is 3.17. The summed E-state index contributed by atoms with van der Waals surface area (Å²) in [4.78, 5) is 8.99. The van der Waals surface area contributed by atoms with Crippen LogP contribution in [0, 0.1) is 6.92 Å². The summed E-state index contributed by atoms with van der Waals surface area (Å²) in [6, 6.07) is 15.8. The molecule has 3 aromatic rings. The molecule has 1 atom stereocenters. The molecule has 1 aliphatic rings. The molecule has 0 saturated carbocycles. The van der Waals surface area contributed by atoms with Gasteiger partial charge in [-0.2, -0.15) is 5.10 Å². The fourth-order valence-electron chi connectivity index (χ4n) is 3.73. The maximum Gasteiger partial charge on any atom is 0.191 e. The van der Waals surface area contributed by atoms with Crippen LogP contribution in [-0.4, -0.2) is 27.8 Å². The summed E-state index contributed by atoms with van der Waals surface area (Å²) in [5.41, 5.74) is 2.23. The summed E-state index contributed by atoms with van der Waals surface area (Å²) in [7, 11) is 1.78. The Morgan fingerprint density at radius 2 is 1.97 bits per heavy atom. The molecule has 162 valence electrons. The van der Waals surface area contributed by atoms with Gasteiger partial charge in [-0.25, -0.2) is 9.67 Å². The van der Waals surface area contributed by atoms with Gasteiger partial charge in [0.25, 0.3) is 0 Å². The first-order valence-electron chi connectivity index (χ1n) is 10.5. The zero-order valence-electron chi connectivity index (χ0n) is 17.8. The van der Waals surface area contributed by atoms with Crippen molar-refractivity contribution < 1.29 is 4.74 Å². The van der Waals surface area contributed by atoms with Crippen molar-refractivity contribution in [3.63, 3.8) is 0 Å². The van der Waals surface area contributed by atoms with Gasteiger partial charge in [0.2, 0.25) is 0 Å². The highest BCUT2D eigenvalue weighted by Crippen LogP contribution is 2.25. The van der Waals surface area contributed by atoms with Crippen LogP contribution < -0.4 is 15.4 Å². The van der Waals surface area contributed by atoms with Crippen LogP contribution in [0.2, 0.25) is 5.02 Å². The lowest BCUT2D eigenvalue weighted by atomic mass is 10.1. The number of aliphatic imine (C=N–C) groups is 1. The van der Waals surface area contributed by atoms with Crippen molar-refractivity contribution >= 4 is 17.6 Å². The van der Waals surface area contributed by atoms with Crippen LogP contribution in [0.4, 0.5) is 0 Å². The first-order valence-corrected chi connectivity index (χ1v) is 10.8. The molecule has 0 saturated heterocycles. The molecule has 2 N–H and O–H groups in total. The monoisotopic (exact) mass is 438 g/mol. The van der Waals surface area contributed by atoms with Gasteiger partial charge in [-0.05, 0) is 43.0 Å². The van der Waals surface area contributed by atoms with Gasteiger partial charge in [-0.3, -0.25) is 4.99 Å². The molecule has 4 rings (SSSR count). The zero-order valence-corrected chi connectivity index (χ0v) is 18.6. The molecular formula is C23H27ClN6O. The number of nitrogens with one attached hydrogen (secondary N) is 2. The first-order chi connectivity index (χ1) is 15.1. The van der Waals surface area contributed by atoms with Gasteiger partial charge in [-0.15, -0.1) is 0 Å². The van der Waals surface area contributed by atoms with E-state index in [4.69, 9.17) is 16.3 Å². The van der Waals surface area contributed by atoms with E-state index in [1.807, 2.05) is 48.0 Å². The Bertz CT molecular complexity index is 1060. The van der Waals surface area contributed by atoms with Crippen molar-refractivity contribution in [1.82, 2.24) is 25.4 Å². The van der Waals surface area contributed by atoms with E-state index in [9.17, 15) is 0 Å². The van der Waals surface area contributed by atoms with Crippen LogP contribution in [0.3, 0.4) is 0 Å². The maximum atomic E-state index is 6.21. The lowest BCUT2D eigenvalue weighted by Gasteiger charge is -2.25. The number of aryl methyl sites for hydroxylation is 2. The number of fused-ring (bicyclic) bond motifs is 1. The van der Waals surface area contributed by atoms with Gasteiger partial charge in [0.05, 0.1) is 11.1 Å².